The van der Waals surface area contributed by atoms with Crippen molar-refractivity contribution in [1.29, 1.82) is 0 Å². The van der Waals surface area contributed by atoms with Crippen LogP contribution in [0.5, 0.6) is 0 Å². The van der Waals surface area contributed by atoms with Gasteiger partial charge in [-0.05, 0) is 147 Å². The third kappa shape index (κ3) is 9.10. The van der Waals surface area contributed by atoms with Crippen molar-refractivity contribution in [3.8, 4) is 0 Å². The molecule has 24 rings (SSSR count). The van der Waals surface area contributed by atoms with Crippen LogP contribution in [0.4, 0.5) is 68.2 Å². The fourth-order valence-corrected chi connectivity index (χ4v) is 18.5. The molecule has 0 amide bonds. The van der Waals surface area contributed by atoms with Crippen molar-refractivity contribution in [2.45, 2.75) is 0 Å². The second-order valence-electron chi connectivity index (χ2n) is 28.5. The van der Waals surface area contributed by atoms with E-state index in [0.29, 0.717) is 5.02 Å². The molecule has 110 heavy (non-hydrogen) atoms. The number of anilines is 12. The van der Waals surface area contributed by atoms with Gasteiger partial charge in [-0.2, -0.15) is 0 Å². The van der Waals surface area contributed by atoms with Gasteiger partial charge in [-0.25, -0.2) is 0 Å². The van der Waals surface area contributed by atoms with Gasteiger partial charge >= 0.3 is 0 Å². The smallest absolute Gasteiger partial charge is 0.253 e. The van der Waals surface area contributed by atoms with Gasteiger partial charge in [0, 0.05) is 77.2 Å². The quantitative estimate of drug-likeness (QED) is 0.139. The normalized spacial score (nSPS) is 12.5. The maximum absolute atomic E-state index is 7.89. The molecule has 0 saturated heterocycles. The Labute approximate surface area is 635 Å². The molecule has 514 valence electrons. The Morgan fingerprint density at radius 2 is 0.545 bits per heavy atom. The third-order valence-electron chi connectivity index (χ3n) is 22.6. The van der Waals surface area contributed by atoms with Crippen molar-refractivity contribution in [2.75, 3.05) is 19.6 Å². The average molecular weight is 1430 g/mol. The Kier molecular flexibility index (Phi) is 13.8. The highest BCUT2D eigenvalue weighted by Crippen LogP contribution is 2.56. The molecule has 22 aromatic rings. The number of halogens is 1. The van der Waals surface area contributed by atoms with Crippen LogP contribution < -0.4 is 36.0 Å². The van der Waals surface area contributed by atoms with E-state index in [1.807, 2.05) is 36.4 Å². The minimum absolute atomic E-state index is 0.123. The van der Waals surface area contributed by atoms with Gasteiger partial charge in [0.15, 0.2) is 0 Å². The summed E-state index contributed by atoms with van der Waals surface area (Å²) in [7, 11) is 0. The highest BCUT2D eigenvalue weighted by Gasteiger charge is 2.48. The van der Waals surface area contributed by atoms with Gasteiger partial charge in [0.25, 0.3) is 6.71 Å². The molecule has 0 aliphatic carbocycles. The maximum atomic E-state index is 7.89. The fraction of sp³-hybridized carbons (Fsp3) is 0. The molecule has 0 unspecified atom stereocenters. The molecule has 0 bridgehead atoms. The minimum atomic E-state index is -0.123. The number of nitrogens with zero attached hydrogens (tertiary/aromatic N) is 4. The van der Waals surface area contributed by atoms with Gasteiger partial charge in [0.1, 0.15) is 44.7 Å². The van der Waals surface area contributed by atoms with Crippen LogP contribution in [0.2, 0.25) is 5.02 Å². The van der Waals surface area contributed by atoms with E-state index in [1.165, 1.54) is 38.5 Å². The summed E-state index contributed by atoms with van der Waals surface area (Å²) < 4.78 is 27.1. The second-order valence-corrected chi connectivity index (χ2v) is 28.9. The lowest BCUT2D eigenvalue weighted by Crippen LogP contribution is -2.61. The molecule has 0 saturated carbocycles. The lowest BCUT2D eigenvalue weighted by Gasteiger charge is -2.45. The minimum Gasteiger partial charge on any atom is -0.455 e. The number of rotatable bonds is 8. The Bertz CT molecular complexity index is 7110. The van der Waals surface area contributed by atoms with Crippen LogP contribution in [0.3, 0.4) is 0 Å². The van der Waals surface area contributed by atoms with E-state index in [2.05, 4.69) is 347 Å². The van der Waals surface area contributed by atoms with Gasteiger partial charge < -0.3 is 37.3 Å². The molecule has 18 aromatic carbocycles. The van der Waals surface area contributed by atoms with Crippen LogP contribution >= 0.6 is 11.6 Å². The average Bonchev–Trinajstić information content (AvgIpc) is 1.15. The summed E-state index contributed by atoms with van der Waals surface area (Å²) in [6.45, 7) is -0.123. The molecule has 4 aromatic heterocycles. The topological polar surface area (TPSA) is 65.5 Å². The van der Waals surface area contributed by atoms with E-state index in [4.69, 9.17) is 29.3 Å². The Hall–Kier alpha value is -14.2. The number of benzene rings is 18. The highest BCUT2D eigenvalue weighted by atomic mass is 35.5. The van der Waals surface area contributed by atoms with Crippen molar-refractivity contribution in [1.82, 2.24) is 0 Å². The Morgan fingerprint density at radius 1 is 0.245 bits per heavy atom. The summed E-state index contributed by atoms with van der Waals surface area (Å²) >= 11 is 7.89. The van der Waals surface area contributed by atoms with Crippen LogP contribution in [-0.2, 0) is 0 Å². The Balaban J connectivity index is 0.000000132. The lowest BCUT2D eigenvalue weighted by molar-refractivity contribution is 0.672. The summed E-state index contributed by atoms with van der Waals surface area (Å²) in [5.74, 6) is 0. The molecule has 0 fully saturated rings. The van der Waals surface area contributed by atoms with Crippen LogP contribution in [0, 0.1) is 0 Å². The predicted molar refractivity (Wildman–Crippen MR) is 460 cm³/mol. The summed E-state index contributed by atoms with van der Waals surface area (Å²) in [5.41, 5.74) is 23.3. The van der Waals surface area contributed by atoms with E-state index in [1.54, 1.807) is 0 Å². The van der Waals surface area contributed by atoms with Crippen molar-refractivity contribution in [2.24, 2.45) is 0 Å². The van der Waals surface area contributed by atoms with Crippen molar-refractivity contribution < 1.29 is 17.7 Å². The number of furan rings is 4. The van der Waals surface area contributed by atoms with Crippen LogP contribution in [0.1, 0.15) is 0 Å². The summed E-state index contributed by atoms with van der Waals surface area (Å²) in [5, 5.41) is 18.1. The largest absolute Gasteiger partial charge is 0.455 e. The number of fused-ring (bicyclic) bond motifs is 28. The maximum Gasteiger partial charge on any atom is 0.253 e. The molecule has 2 aliphatic heterocycles. The molecule has 0 spiro atoms. The van der Waals surface area contributed by atoms with Crippen LogP contribution in [-0.4, -0.2) is 6.71 Å². The zero-order valence-electron chi connectivity index (χ0n) is 59.0. The van der Waals surface area contributed by atoms with Gasteiger partial charge in [0.05, 0.1) is 60.7 Å². The number of hydrogen-bond acceptors (Lipinski definition) is 8. The molecule has 0 radical (unpaired) electrons. The second kappa shape index (κ2) is 24.4. The number of hydrogen-bond donors (Lipinski definition) is 0. The molecule has 8 nitrogen and oxygen atoms in total. The van der Waals surface area contributed by atoms with Crippen molar-refractivity contribution in [3.63, 3.8) is 0 Å². The fourth-order valence-electron chi connectivity index (χ4n) is 18.2. The molecular weight excluding hydrogens is 1370 g/mol. The molecule has 0 N–H and O–H groups in total. The standard InChI is InChI=1S/C50H29BN2O2.C50H31ClN2O2/c1-3-16-30(17-4-1)52-38-26-15-27-39-46(38)51(44-32-20-7-9-22-34(32)49-42(47(44)52)36-24-11-13-28-40(36)54-49)45-33-21-8-10-23-35(33)50-43(37-25-12-14-29-41(37)55-50)48(45)53(39)31-18-5-2-6-19-31;51-48-40(52(34-18-3-1-4-19-34)42-30-32-16-7-9-22-36(32)49-46(42)38-24-11-13-28-44(38)54-49)26-15-27-41(48)53(35-20-5-2-6-21-35)43-31-33-17-8-10-23-37(33)50-47(43)39-25-12-14-29-45(39)55-50/h1-29H;1-31H. The predicted octanol–water partition coefficient (Wildman–Crippen LogP) is 27.3. The first-order valence-corrected chi connectivity index (χ1v) is 37.7. The van der Waals surface area contributed by atoms with Gasteiger partial charge in [-0.1, -0.05) is 266 Å². The molecule has 6 heterocycles. The van der Waals surface area contributed by atoms with E-state index in [0.717, 1.165) is 177 Å². The van der Waals surface area contributed by atoms with Gasteiger partial charge in [-0.3, -0.25) is 0 Å². The van der Waals surface area contributed by atoms with Crippen molar-refractivity contribution in [3.05, 3.63) is 369 Å². The van der Waals surface area contributed by atoms with E-state index < -0.39 is 0 Å². The molecule has 2 aliphatic rings. The summed E-state index contributed by atoms with van der Waals surface area (Å²) in [4.78, 5) is 9.55. The summed E-state index contributed by atoms with van der Waals surface area (Å²) in [6.07, 6.45) is 0. The zero-order valence-corrected chi connectivity index (χ0v) is 59.8. The Morgan fingerprint density at radius 3 is 0.936 bits per heavy atom. The zero-order chi connectivity index (χ0) is 72.2. The van der Waals surface area contributed by atoms with E-state index in [9.17, 15) is 0 Å². The highest BCUT2D eigenvalue weighted by molar-refractivity contribution is 7.03. The first-order valence-electron chi connectivity index (χ1n) is 37.3. The van der Waals surface area contributed by atoms with E-state index >= 15 is 0 Å². The van der Waals surface area contributed by atoms with Gasteiger partial charge in [-0.15, -0.1) is 0 Å². The number of para-hydroxylation sites is 8. The summed E-state index contributed by atoms with van der Waals surface area (Å²) in [6, 6.07) is 128. The lowest BCUT2D eigenvalue weighted by atomic mass is 9.32. The monoisotopic (exact) mass is 1430 g/mol. The molecule has 0 atom stereocenters. The molecular formula is C100H60BClN4O4. The van der Waals surface area contributed by atoms with E-state index in [-0.39, 0.29) is 6.71 Å². The van der Waals surface area contributed by atoms with Crippen molar-refractivity contribution >= 4 is 234 Å². The van der Waals surface area contributed by atoms with Gasteiger partial charge in [0.2, 0.25) is 0 Å². The SMILES string of the molecule is Clc1c(N(c2ccccc2)c2cc3ccccc3c3oc4ccccc4c23)cccc1N(c1ccccc1)c1cc2ccccc2c2oc3ccccc3c12.c1ccc(N2c3cccc4c3B(c3c2c2c5ccccc5oc2c2ccccc32)c2c(c3c5ccccc5oc3c3ccccc23)N4c2ccccc2)cc1. The third-order valence-corrected chi connectivity index (χ3v) is 23.0. The van der Waals surface area contributed by atoms with Crippen LogP contribution in [0.25, 0.3) is 131 Å². The van der Waals surface area contributed by atoms with Crippen LogP contribution in [0.15, 0.2) is 382 Å². The first kappa shape index (κ1) is 62.0. The first-order chi connectivity index (χ1) is 54.6. The molecule has 10 heteroatoms.